The van der Waals surface area contributed by atoms with Crippen LogP contribution in [0.1, 0.15) is 48.3 Å². The molecule has 1 saturated heterocycles. The molecule has 1 atom stereocenters. The van der Waals surface area contributed by atoms with E-state index in [1.165, 1.54) is 31.1 Å². The maximum atomic E-state index is 12.2. The van der Waals surface area contributed by atoms with Gasteiger partial charge in [0, 0.05) is 5.56 Å². The third-order valence-corrected chi connectivity index (χ3v) is 5.01. The van der Waals surface area contributed by atoms with Gasteiger partial charge in [-0.05, 0) is 62.6 Å². The number of nitrogens with one attached hydrogen (secondary N) is 2. The third-order valence-electron chi connectivity index (χ3n) is 5.01. The van der Waals surface area contributed by atoms with Crippen molar-refractivity contribution < 1.29 is 23.6 Å². The number of benzene rings is 1. The first-order chi connectivity index (χ1) is 13.1. The average molecular weight is 371 g/mol. The Morgan fingerprint density at radius 2 is 1.89 bits per heavy atom. The van der Waals surface area contributed by atoms with E-state index in [1.807, 2.05) is 12.1 Å². The molecule has 0 aliphatic carbocycles. The van der Waals surface area contributed by atoms with Crippen LogP contribution in [0.5, 0.6) is 5.75 Å². The Balaban J connectivity index is 1.50. The van der Waals surface area contributed by atoms with Crippen molar-refractivity contribution in [2.24, 2.45) is 0 Å². The van der Waals surface area contributed by atoms with Crippen LogP contribution < -0.4 is 15.0 Å². The lowest BCUT2D eigenvalue weighted by Crippen LogP contribution is -3.13. The summed E-state index contributed by atoms with van der Waals surface area (Å²) in [5.41, 5.74) is 0.623. The molecule has 0 unspecified atom stereocenters. The van der Waals surface area contributed by atoms with Gasteiger partial charge in [0.05, 0.1) is 25.9 Å². The summed E-state index contributed by atoms with van der Waals surface area (Å²) in [6, 6.07) is 10.8. The molecule has 3 rings (SSSR count). The third kappa shape index (κ3) is 5.44. The zero-order valence-electron chi connectivity index (χ0n) is 15.7. The van der Waals surface area contributed by atoms with Crippen LogP contribution in [0.15, 0.2) is 47.1 Å². The number of rotatable bonds is 8. The van der Waals surface area contributed by atoms with Crippen LogP contribution in [-0.4, -0.2) is 37.9 Å². The number of ketones is 1. The van der Waals surface area contributed by atoms with Crippen LogP contribution in [0.2, 0.25) is 0 Å². The fraction of sp³-hybridized carbons (Fsp3) is 0.429. The highest BCUT2D eigenvalue weighted by Crippen LogP contribution is 2.13. The molecule has 0 bridgehead atoms. The minimum atomic E-state index is -0.168. The molecule has 6 heteroatoms. The summed E-state index contributed by atoms with van der Waals surface area (Å²) in [6.45, 7) is 4.18. The Kier molecular flexibility index (Phi) is 6.65. The van der Waals surface area contributed by atoms with E-state index in [1.54, 1.807) is 30.5 Å². The minimum absolute atomic E-state index is 0.00322. The van der Waals surface area contributed by atoms with Crippen molar-refractivity contribution >= 4 is 11.7 Å². The van der Waals surface area contributed by atoms with Crippen molar-refractivity contribution in [1.82, 2.24) is 5.32 Å². The molecule has 27 heavy (non-hydrogen) atoms. The van der Waals surface area contributed by atoms with E-state index in [2.05, 4.69) is 5.32 Å². The van der Waals surface area contributed by atoms with Gasteiger partial charge in [-0.25, -0.2) is 0 Å². The second-order valence-corrected chi connectivity index (χ2v) is 6.96. The number of amides is 1. The average Bonchev–Trinajstić information content (AvgIpc) is 3.22. The molecule has 1 aliphatic heterocycles. The fourth-order valence-corrected chi connectivity index (χ4v) is 3.49. The van der Waals surface area contributed by atoms with E-state index in [-0.39, 0.29) is 24.3 Å². The fourth-order valence-electron chi connectivity index (χ4n) is 3.49. The Labute approximate surface area is 159 Å². The zero-order chi connectivity index (χ0) is 19.1. The molecular weight excluding hydrogens is 344 g/mol. The lowest BCUT2D eigenvalue weighted by Gasteiger charge is -2.30. The maximum absolute atomic E-state index is 12.2. The molecule has 1 aliphatic rings. The molecule has 6 nitrogen and oxygen atoms in total. The van der Waals surface area contributed by atoms with Gasteiger partial charge in [-0.1, -0.05) is 0 Å². The Morgan fingerprint density at radius 3 is 2.52 bits per heavy atom. The maximum Gasteiger partial charge on any atom is 0.258 e. The predicted octanol–water partition coefficient (Wildman–Crippen LogP) is 1.79. The molecule has 1 amide bonds. The van der Waals surface area contributed by atoms with Crippen LogP contribution in [0, 0.1) is 0 Å². The normalized spacial score (nSPS) is 15.9. The molecule has 0 radical (unpaired) electrons. The monoisotopic (exact) mass is 371 g/mol. The molecular formula is C21H27N2O4+. The van der Waals surface area contributed by atoms with Crippen LogP contribution >= 0.6 is 0 Å². The number of piperidine rings is 1. The second kappa shape index (κ2) is 9.37. The summed E-state index contributed by atoms with van der Waals surface area (Å²) < 4.78 is 11.1. The van der Waals surface area contributed by atoms with Gasteiger partial charge in [-0.2, -0.15) is 0 Å². The summed E-state index contributed by atoms with van der Waals surface area (Å²) in [5.74, 6) is 1.31. The highest BCUT2D eigenvalue weighted by atomic mass is 16.5. The van der Waals surface area contributed by atoms with Gasteiger partial charge < -0.3 is 19.4 Å². The van der Waals surface area contributed by atoms with E-state index in [0.717, 1.165) is 18.8 Å². The second-order valence-electron chi connectivity index (χ2n) is 6.96. The summed E-state index contributed by atoms with van der Waals surface area (Å²) >= 11 is 0. The highest BCUT2D eigenvalue weighted by molar-refractivity contribution is 5.94. The van der Waals surface area contributed by atoms with Gasteiger partial charge in [-0.3, -0.25) is 9.59 Å². The molecule has 1 fully saturated rings. The molecule has 2 N–H and O–H groups in total. The number of ether oxygens (including phenoxy) is 1. The van der Waals surface area contributed by atoms with Crippen LogP contribution in [0.3, 0.4) is 0 Å². The Bertz CT molecular complexity index is 734. The Morgan fingerprint density at radius 1 is 1.15 bits per heavy atom. The van der Waals surface area contributed by atoms with Gasteiger partial charge in [0.2, 0.25) is 0 Å². The molecule has 144 valence electrons. The van der Waals surface area contributed by atoms with Gasteiger partial charge in [0.25, 0.3) is 5.91 Å². The molecule has 0 saturated carbocycles. The van der Waals surface area contributed by atoms with E-state index in [9.17, 15) is 9.59 Å². The minimum Gasteiger partial charge on any atom is -0.484 e. The van der Waals surface area contributed by atoms with Crippen LogP contribution in [-0.2, 0) is 4.79 Å². The number of hydrogen-bond acceptors (Lipinski definition) is 4. The quantitative estimate of drug-likeness (QED) is 0.694. The molecule has 0 spiro atoms. The van der Waals surface area contributed by atoms with Crippen molar-refractivity contribution in [2.75, 3.05) is 26.2 Å². The number of likely N-dealkylation sites (tertiary alicyclic amines) is 1. The van der Waals surface area contributed by atoms with Gasteiger partial charge >= 0.3 is 0 Å². The van der Waals surface area contributed by atoms with Gasteiger partial charge in [0.15, 0.2) is 24.2 Å². The summed E-state index contributed by atoms with van der Waals surface area (Å²) in [7, 11) is 0. The van der Waals surface area contributed by atoms with Crippen molar-refractivity contribution in [3.8, 4) is 5.75 Å². The topological polar surface area (TPSA) is 73.0 Å². The van der Waals surface area contributed by atoms with Crippen LogP contribution in [0.25, 0.3) is 0 Å². The van der Waals surface area contributed by atoms with Crippen molar-refractivity contribution in [3.63, 3.8) is 0 Å². The van der Waals surface area contributed by atoms with Crippen LogP contribution in [0.4, 0.5) is 0 Å². The molecule has 1 aromatic heterocycles. The highest BCUT2D eigenvalue weighted by Gasteiger charge is 2.28. The van der Waals surface area contributed by atoms with Gasteiger partial charge in [-0.15, -0.1) is 0 Å². The van der Waals surface area contributed by atoms with E-state index >= 15 is 0 Å². The van der Waals surface area contributed by atoms with Crippen molar-refractivity contribution in [2.45, 2.75) is 32.2 Å². The number of hydrogen-bond donors (Lipinski definition) is 2. The SMILES string of the molecule is CC(=O)c1ccc(OCC(=O)NC[C@H](c2ccco2)[NH+]2CCCCC2)cc1. The first-order valence-electron chi connectivity index (χ1n) is 9.52. The lowest BCUT2D eigenvalue weighted by atomic mass is 10.1. The molecule has 2 aromatic rings. The van der Waals surface area contributed by atoms with E-state index < -0.39 is 0 Å². The first kappa shape index (κ1) is 19.2. The van der Waals surface area contributed by atoms with E-state index in [0.29, 0.717) is 17.9 Å². The number of carbonyl (C=O) groups is 2. The largest absolute Gasteiger partial charge is 0.484 e. The number of quaternary nitrogens is 1. The predicted molar refractivity (Wildman–Crippen MR) is 101 cm³/mol. The molecule has 2 heterocycles. The van der Waals surface area contributed by atoms with Crippen molar-refractivity contribution in [3.05, 3.63) is 54.0 Å². The number of furan rings is 1. The summed E-state index contributed by atoms with van der Waals surface area (Å²) in [4.78, 5) is 25.0. The summed E-state index contributed by atoms with van der Waals surface area (Å²) in [6.07, 6.45) is 5.37. The standard InChI is InChI=1S/C21H26N2O4/c1-16(24)17-7-9-18(10-8-17)27-15-21(25)22-14-19(20-6-5-13-26-20)23-11-3-2-4-12-23/h5-10,13,19H,2-4,11-12,14-15H2,1H3,(H,22,25)/p+1/t19-/m1/s1. The first-order valence-corrected chi connectivity index (χ1v) is 9.52. The zero-order valence-corrected chi connectivity index (χ0v) is 15.7. The van der Waals surface area contributed by atoms with Crippen molar-refractivity contribution in [1.29, 1.82) is 0 Å². The van der Waals surface area contributed by atoms with Gasteiger partial charge in [0.1, 0.15) is 5.75 Å². The number of carbonyl (C=O) groups excluding carboxylic acids is 2. The Hall–Kier alpha value is -2.60. The number of Topliss-reactive ketones (excluding diaryl/α,β-unsaturated/α-hetero) is 1. The van der Waals surface area contributed by atoms with E-state index in [4.69, 9.17) is 9.15 Å². The lowest BCUT2D eigenvalue weighted by molar-refractivity contribution is -0.936. The smallest absolute Gasteiger partial charge is 0.258 e. The summed E-state index contributed by atoms with van der Waals surface area (Å²) in [5, 5.41) is 2.97. The molecule has 1 aromatic carbocycles.